The molecule has 23 heavy (non-hydrogen) atoms. The number of hydrogen-bond donors (Lipinski definition) is 0. The van der Waals surface area contributed by atoms with Gasteiger partial charge in [-0.15, -0.1) is 0 Å². The van der Waals surface area contributed by atoms with Gasteiger partial charge >= 0.3 is 5.63 Å². The molecule has 0 aliphatic heterocycles. The number of allylic oxidation sites excluding steroid dienone is 1. The minimum absolute atomic E-state index is 0.0618. The second kappa shape index (κ2) is 6.48. The molecular formula is C17H18N2O4. The Morgan fingerprint density at radius 3 is 2.52 bits per heavy atom. The van der Waals surface area contributed by atoms with Crippen molar-refractivity contribution in [1.29, 1.82) is 0 Å². The van der Waals surface area contributed by atoms with Crippen molar-refractivity contribution < 1.29 is 14.0 Å². The third-order valence-electron chi connectivity index (χ3n) is 3.53. The zero-order chi connectivity index (χ0) is 17.1. The summed E-state index contributed by atoms with van der Waals surface area (Å²) in [6.07, 6.45) is 3.04. The Hall–Kier alpha value is -2.89. The van der Waals surface area contributed by atoms with Crippen LogP contribution in [0.3, 0.4) is 0 Å². The van der Waals surface area contributed by atoms with Crippen LogP contribution in [0.5, 0.6) is 0 Å². The topological polar surface area (TPSA) is 70.8 Å². The molecule has 1 aromatic carbocycles. The maximum Gasteiger partial charge on any atom is 0.361 e. The summed E-state index contributed by atoms with van der Waals surface area (Å²) in [6, 6.07) is 5.42. The van der Waals surface area contributed by atoms with Crippen LogP contribution in [0.15, 0.2) is 39.6 Å². The molecule has 2 aromatic rings. The van der Waals surface area contributed by atoms with Crippen LogP contribution in [-0.4, -0.2) is 26.4 Å². The molecule has 0 unspecified atom stereocenters. The largest absolute Gasteiger partial charge is 0.421 e. The highest BCUT2D eigenvalue weighted by molar-refractivity contribution is 6.13. The van der Waals surface area contributed by atoms with E-state index >= 15 is 0 Å². The molecule has 0 saturated heterocycles. The van der Waals surface area contributed by atoms with Gasteiger partial charge in [-0.05, 0) is 37.6 Å². The van der Waals surface area contributed by atoms with Crippen LogP contribution in [-0.2, 0) is 9.59 Å². The SMILES string of the molecule is C/C=C\C(=O)N(C=O)c1c(C)c2ccc(N(C)C)cc2oc1=O. The normalized spacial score (nSPS) is 11.0. The molecule has 0 radical (unpaired) electrons. The molecule has 2 rings (SSSR count). The predicted octanol–water partition coefficient (Wildman–Crippen LogP) is 2.23. The van der Waals surface area contributed by atoms with Gasteiger partial charge in [-0.2, -0.15) is 0 Å². The highest BCUT2D eigenvalue weighted by Crippen LogP contribution is 2.27. The summed E-state index contributed by atoms with van der Waals surface area (Å²) in [7, 11) is 3.76. The minimum Gasteiger partial charge on any atom is -0.421 e. The van der Waals surface area contributed by atoms with E-state index in [1.165, 1.54) is 12.2 Å². The van der Waals surface area contributed by atoms with Crippen molar-refractivity contribution in [2.24, 2.45) is 0 Å². The standard InChI is InChI=1S/C17H18N2O4/c1-5-6-15(21)19(10-20)16-11(2)13-8-7-12(18(3)4)9-14(13)23-17(16)22/h5-10H,1-4H3/b6-5-. The number of fused-ring (bicyclic) bond motifs is 1. The van der Waals surface area contributed by atoms with E-state index in [1.807, 2.05) is 25.1 Å². The van der Waals surface area contributed by atoms with E-state index in [9.17, 15) is 14.4 Å². The minimum atomic E-state index is -0.726. The van der Waals surface area contributed by atoms with Gasteiger partial charge in [0.25, 0.3) is 5.91 Å². The van der Waals surface area contributed by atoms with Gasteiger partial charge in [0.05, 0.1) is 0 Å². The fourth-order valence-electron chi connectivity index (χ4n) is 2.33. The summed E-state index contributed by atoms with van der Waals surface area (Å²) in [5.74, 6) is -0.595. The molecule has 0 spiro atoms. The third-order valence-corrected chi connectivity index (χ3v) is 3.53. The van der Waals surface area contributed by atoms with Crippen LogP contribution in [0.1, 0.15) is 12.5 Å². The van der Waals surface area contributed by atoms with Crippen molar-refractivity contribution in [3.05, 3.63) is 46.3 Å². The lowest BCUT2D eigenvalue weighted by molar-refractivity contribution is -0.118. The zero-order valence-electron chi connectivity index (χ0n) is 13.5. The fourth-order valence-corrected chi connectivity index (χ4v) is 2.33. The Bertz CT molecular complexity index is 850. The van der Waals surface area contributed by atoms with Crippen molar-refractivity contribution in [1.82, 2.24) is 0 Å². The van der Waals surface area contributed by atoms with Crippen LogP contribution < -0.4 is 15.4 Å². The zero-order valence-corrected chi connectivity index (χ0v) is 13.5. The molecule has 0 fully saturated rings. The molecule has 0 aliphatic rings. The molecule has 0 aliphatic carbocycles. The Morgan fingerprint density at radius 2 is 1.96 bits per heavy atom. The number of nitrogens with zero attached hydrogens (tertiary/aromatic N) is 2. The number of anilines is 2. The Balaban J connectivity index is 2.71. The molecular weight excluding hydrogens is 296 g/mol. The Kier molecular flexibility index (Phi) is 4.64. The van der Waals surface area contributed by atoms with E-state index in [-0.39, 0.29) is 5.69 Å². The van der Waals surface area contributed by atoms with Crippen LogP contribution in [0.2, 0.25) is 0 Å². The van der Waals surface area contributed by atoms with E-state index in [0.29, 0.717) is 22.9 Å². The first-order valence-electron chi connectivity index (χ1n) is 7.06. The van der Waals surface area contributed by atoms with Crippen LogP contribution in [0.4, 0.5) is 11.4 Å². The van der Waals surface area contributed by atoms with Crippen molar-refractivity contribution in [2.45, 2.75) is 13.8 Å². The molecule has 6 heteroatoms. The number of amides is 2. The van der Waals surface area contributed by atoms with Crippen molar-refractivity contribution in [3.8, 4) is 0 Å². The number of hydrogen-bond acceptors (Lipinski definition) is 5. The first-order valence-corrected chi connectivity index (χ1v) is 7.06. The number of carbonyl (C=O) groups excluding carboxylic acids is 2. The number of benzene rings is 1. The summed E-state index contributed by atoms with van der Waals surface area (Å²) < 4.78 is 5.32. The van der Waals surface area contributed by atoms with Gasteiger partial charge in [0.15, 0.2) is 0 Å². The smallest absolute Gasteiger partial charge is 0.361 e. The first kappa shape index (κ1) is 16.5. The van der Waals surface area contributed by atoms with E-state index in [1.54, 1.807) is 26.0 Å². The second-order valence-electron chi connectivity index (χ2n) is 5.25. The van der Waals surface area contributed by atoms with Crippen molar-refractivity contribution in [2.75, 3.05) is 23.9 Å². The summed E-state index contributed by atoms with van der Waals surface area (Å²) in [5.41, 5.74) is 1.02. The summed E-state index contributed by atoms with van der Waals surface area (Å²) in [4.78, 5) is 38.2. The van der Waals surface area contributed by atoms with Gasteiger partial charge in [0, 0.05) is 31.2 Å². The highest BCUT2D eigenvalue weighted by atomic mass is 16.4. The number of carbonyl (C=O) groups is 2. The van der Waals surface area contributed by atoms with E-state index in [4.69, 9.17) is 4.42 Å². The second-order valence-corrected chi connectivity index (χ2v) is 5.25. The summed E-state index contributed by atoms with van der Waals surface area (Å²) >= 11 is 0. The van der Waals surface area contributed by atoms with Crippen molar-refractivity contribution in [3.63, 3.8) is 0 Å². The van der Waals surface area contributed by atoms with Crippen LogP contribution in [0.25, 0.3) is 11.0 Å². The molecule has 2 amide bonds. The lowest BCUT2D eigenvalue weighted by atomic mass is 10.1. The van der Waals surface area contributed by atoms with E-state index < -0.39 is 11.5 Å². The van der Waals surface area contributed by atoms with Gasteiger partial charge in [-0.25, -0.2) is 9.69 Å². The Morgan fingerprint density at radius 1 is 1.26 bits per heavy atom. The number of rotatable bonds is 4. The van der Waals surface area contributed by atoms with Gasteiger partial charge in [0.2, 0.25) is 6.41 Å². The third kappa shape index (κ3) is 3.01. The molecule has 0 saturated carbocycles. The molecule has 0 atom stereocenters. The van der Waals surface area contributed by atoms with Crippen LogP contribution in [0, 0.1) is 6.92 Å². The van der Waals surface area contributed by atoms with Crippen LogP contribution >= 0.6 is 0 Å². The molecule has 1 aromatic heterocycles. The summed E-state index contributed by atoms with van der Waals surface area (Å²) in [6.45, 7) is 3.34. The average Bonchev–Trinajstić information content (AvgIpc) is 2.50. The number of imide groups is 1. The van der Waals surface area contributed by atoms with Gasteiger partial charge < -0.3 is 9.32 Å². The lowest BCUT2D eigenvalue weighted by Crippen LogP contribution is -2.32. The lowest BCUT2D eigenvalue weighted by Gasteiger charge is -2.17. The molecule has 120 valence electrons. The fraction of sp³-hybridized carbons (Fsp3) is 0.235. The van der Waals surface area contributed by atoms with Gasteiger partial charge in [0.1, 0.15) is 11.3 Å². The van der Waals surface area contributed by atoms with E-state index in [0.717, 1.165) is 10.6 Å². The average molecular weight is 314 g/mol. The maximum atomic E-state index is 12.3. The highest BCUT2D eigenvalue weighted by Gasteiger charge is 2.21. The van der Waals surface area contributed by atoms with Crippen molar-refractivity contribution >= 4 is 34.7 Å². The molecule has 1 heterocycles. The molecule has 6 nitrogen and oxygen atoms in total. The van der Waals surface area contributed by atoms with Gasteiger partial charge in [-0.3, -0.25) is 9.59 Å². The first-order chi connectivity index (χ1) is 10.9. The molecule has 0 N–H and O–H groups in total. The quantitative estimate of drug-likeness (QED) is 0.492. The Labute approximate surface area is 133 Å². The van der Waals surface area contributed by atoms with Gasteiger partial charge in [-0.1, -0.05) is 6.08 Å². The summed E-state index contributed by atoms with van der Waals surface area (Å²) in [5, 5.41) is 0.672. The van der Waals surface area contributed by atoms with E-state index in [2.05, 4.69) is 0 Å². The molecule has 0 bridgehead atoms. The number of aryl methyl sites for hydroxylation is 1. The maximum absolute atomic E-state index is 12.3. The monoisotopic (exact) mass is 314 g/mol. The predicted molar refractivity (Wildman–Crippen MR) is 89.9 cm³/mol.